The summed E-state index contributed by atoms with van der Waals surface area (Å²) in [5, 5.41) is 11.9. The molecule has 104 valence electrons. The van der Waals surface area contributed by atoms with Gasteiger partial charge in [0.1, 0.15) is 5.60 Å². The maximum atomic E-state index is 11.4. The molecule has 0 saturated heterocycles. The molecule has 0 aliphatic carbocycles. The Morgan fingerprint density at radius 3 is 2.47 bits per heavy atom. The molecule has 0 fully saturated rings. The Balaban J connectivity index is 2.53. The van der Waals surface area contributed by atoms with Crippen molar-refractivity contribution in [3.8, 4) is 0 Å². The number of rotatable bonds is 4. The Hall–Kier alpha value is -1.81. The minimum absolute atomic E-state index is 0.0694. The lowest BCUT2D eigenvalue weighted by Crippen LogP contribution is -2.32. The largest absolute Gasteiger partial charge is 0.444 e. The van der Waals surface area contributed by atoms with Crippen LogP contribution in [0.2, 0.25) is 0 Å². The third kappa shape index (κ3) is 6.06. The number of hydrogen-bond acceptors (Lipinski definition) is 3. The number of aliphatic hydroxyl groups excluding tert-OH is 1. The highest BCUT2D eigenvalue weighted by Gasteiger charge is 2.15. The normalized spacial score (nSPS) is 12.1. The van der Waals surface area contributed by atoms with Gasteiger partial charge in [0.15, 0.2) is 0 Å². The Bertz CT molecular complexity index is 432. The molecule has 0 saturated carbocycles. The molecular weight excluding hydrogens is 242 g/mol. The first kappa shape index (κ1) is 15.2. The van der Waals surface area contributed by atoms with E-state index in [0.29, 0.717) is 6.54 Å². The van der Waals surface area contributed by atoms with E-state index < -0.39 is 11.7 Å². The molecule has 1 aromatic rings. The molecule has 0 heterocycles. The van der Waals surface area contributed by atoms with Gasteiger partial charge >= 0.3 is 6.09 Å². The number of benzene rings is 1. The summed E-state index contributed by atoms with van der Waals surface area (Å²) in [6.07, 6.45) is 1.31. The average Bonchev–Trinajstić information content (AvgIpc) is 2.33. The third-order valence-corrected chi connectivity index (χ3v) is 2.31. The van der Waals surface area contributed by atoms with Crippen LogP contribution in [0.15, 0.2) is 36.4 Å². The van der Waals surface area contributed by atoms with Crippen molar-refractivity contribution < 1.29 is 14.6 Å². The zero-order valence-electron chi connectivity index (χ0n) is 11.6. The van der Waals surface area contributed by atoms with Gasteiger partial charge < -0.3 is 15.2 Å². The van der Waals surface area contributed by atoms with E-state index in [-0.39, 0.29) is 6.61 Å². The van der Waals surface area contributed by atoms with Gasteiger partial charge in [-0.1, -0.05) is 36.4 Å². The lowest BCUT2D eigenvalue weighted by molar-refractivity contribution is 0.0534. The van der Waals surface area contributed by atoms with E-state index in [9.17, 15) is 9.90 Å². The van der Waals surface area contributed by atoms with Crippen molar-refractivity contribution in [2.75, 3.05) is 13.2 Å². The predicted molar refractivity (Wildman–Crippen MR) is 75.7 cm³/mol. The van der Waals surface area contributed by atoms with Crippen LogP contribution in [0.4, 0.5) is 4.79 Å². The standard InChI is InChI=1S/C15H21NO3/c1-15(2,3)19-14(18)16-10-9-13(11-17)12-7-5-4-6-8-12/h4-9,17H,10-11H2,1-3H3,(H,16,18)/b13-9+. The van der Waals surface area contributed by atoms with Crippen molar-refractivity contribution in [2.24, 2.45) is 0 Å². The number of nitrogens with one attached hydrogen (secondary N) is 1. The number of hydrogen-bond donors (Lipinski definition) is 2. The van der Waals surface area contributed by atoms with E-state index in [1.807, 2.05) is 51.1 Å². The SMILES string of the molecule is CC(C)(C)OC(=O)NC/C=C(\CO)c1ccccc1. The molecular formula is C15H21NO3. The topological polar surface area (TPSA) is 58.6 Å². The molecule has 0 aromatic heterocycles. The minimum Gasteiger partial charge on any atom is -0.444 e. The molecule has 1 rings (SSSR count). The highest BCUT2D eigenvalue weighted by atomic mass is 16.6. The first-order valence-corrected chi connectivity index (χ1v) is 6.24. The van der Waals surface area contributed by atoms with Crippen LogP contribution in [0.5, 0.6) is 0 Å². The van der Waals surface area contributed by atoms with Crippen LogP contribution in [-0.4, -0.2) is 30.0 Å². The molecule has 4 nitrogen and oxygen atoms in total. The molecule has 19 heavy (non-hydrogen) atoms. The number of amides is 1. The zero-order valence-corrected chi connectivity index (χ0v) is 11.6. The summed E-state index contributed by atoms with van der Waals surface area (Å²) in [7, 11) is 0. The van der Waals surface area contributed by atoms with Crippen LogP contribution in [0, 0.1) is 0 Å². The highest BCUT2D eigenvalue weighted by molar-refractivity contribution is 5.70. The molecule has 0 aliphatic rings. The Morgan fingerprint density at radius 1 is 1.32 bits per heavy atom. The molecule has 0 atom stereocenters. The summed E-state index contributed by atoms with van der Waals surface area (Å²) in [4.78, 5) is 11.4. The molecule has 0 bridgehead atoms. The number of carbonyl (C=O) groups excluding carboxylic acids is 1. The van der Waals surface area contributed by atoms with Gasteiger partial charge in [-0.15, -0.1) is 0 Å². The molecule has 0 aliphatic heterocycles. The number of alkyl carbamates (subject to hydrolysis) is 1. The van der Waals surface area contributed by atoms with Gasteiger partial charge in [0.05, 0.1) is 6.61 Å². The molecule has 1 amide bonds. The monoisotopic (exact) mass is 263 g/mol. The fourth-order valence-corrected chi connectivity index (χ4v) is 1.50. The summed E-state index contributed by atoms with van der Waals surface area (Å²) in [5.74, 6) is 0. The number of carbonyl (C=O) groups is 1. The van der Waals surface area contributed by atoms with Crippen LogP contribution in [0.1, 0.15) is 26.3 Å². The quantitative estimate of drug-likeness (QED) is 0.877. The van der Waals surface area contributed by atoms with E-state index in [2.05, 4.69) is 5.32 Å². The van der Waals surface area contributed by atoms with E-state index in [4.69, 9.17) is 4.74 Å². The second-order valence-electron chi connectivity index (χ2n) is 5.14. The van der Waals surface area contributed by atoms with Gasteiger partial charge in [0, 0.05) is 6.54 Å². The van der Waals surface area contributed by atoms with Crippen molar-refractivity contribution in [1.29, 1.82) is 0 Å². The van der Waals surface area contributed by atoms with Crippen molar-refractivity contribution in [3.63, 3.8) is 0 Å². The van der Waals surface area contributed by atoms with Gasteiger partial charge in [-0.3, -0.25) is 0 Å². The van der Waals surface area contributed by atoms with E-state index >= 15 is 0 Å². The van der Waals surface area contributed by atoms with Gasteiger partial charge in [0.25, 0.3) is 0 Å². The summed E-state index contributed by atoms with van der Waals surface area (Å²) in [6.45, 7) is 5.68. The summed E-state index contributed by atoms with van der Waals surface area (Å²) in [6, 6.07) is 9.54. The van der Waals surface area contributed by atoms with Crippen molar-refractivity contribution in [2.45, 2.75) is 26.4 Å². The van der Waals surface area contributed by atoms with E-state index in [0.717, 1.165) is 11.1 Å². The van der Waals surface area contributed by atoms with Gasteiger partial charge in [-0.2, -0.15) is 0 Å². The van der Waals surface area contributed by atoms with Crippen LogP contribution >= 0.6 is 0 Å². The van der Waals surface area contributed by atoms with Crippen molar-refractivity contribution in [3.05, 3.63) is 42.0 Å². The molecule has 1 aromatic carbocycles. The van der Waals surface area contributed by atoms with Gasteiger partial charge in [-0.05, 0) is 31.9 Å². The summed E-state index contributed by atoms with van der Waals surface area (Å²) in [5.41, 5.74) is 1.21. The lowest BCUT2D eigenvalue weighted by Gasteiger charge is -2.19. The first-order chi connectivity index (χ1) is 8.92. The van der Waals surface area contributed by atoms with E-state index in [1.165, 1.54) is 0 Å². The van der Waals surface area contributed by atoms with E-state index in [1.54, 1.807) is 6.08 Å². The third-order valence-electron chi connectivity index (χ3n) is 2.31. The van der Waals surface area contributed by atoms with Crippen LogP contribution in [0.3, 0.4) is 0 Å². The highest BCUT2D eigenvalue weighted by Crippen LogP contribution is 2.12. The summed E-state index contributed by atoms with van der Waals surface area (Å²) < 4.78 is 5.12. The fraction of sp³-hybridized carbons (Fsp3) is 0.400. The smallest absolute Gasteiger partial charge is 0.407 e. The predicted octanol–water partition coefficient (Wildman–Crippen LogP) is 2.59. The van der Waals surface area contributed by atoms with Gasteiger partial charge in [-0.25, -0.2) is 4.79 Å². The molecule has 4 heteroatoms. The Morgan fingerprint density at radius 2 is 1.95 bits per heavy atom. The second kappa shape index (κ2) is 6.95. The maximum Gasteiger partial charge on any atom is 0.407 e. The molecule has 0 spiro atoms. The van der Waals surface area contributed by atoms with Crippen LogP contribution < -0.4 is 5.32 Å². The Kier molecular flexibility index (Phi) is 5.57. The van der Waals surface area contributed by atoms with Crippen molar-refractivity contribution in [1.82, 2.24) is 5.32 Å². The molecule has 2 N–H and O–H groups in total. The number of aliphatic hydroxyl groups is 1. The summed E-state index contributed by atoms with van der Waals surface area (Å²) >= 11 is 0. The van der Waals surface area contributed by atoms with Crippen molar-refractivity contribution >= 4 is 11.7 Å². The van der Waals surface area contributed by atoms with Crippen LogP contribution in [-0.2, 0) is 4.74 Å². The fourth-order valence-electron chi connectivity index (χ4n) is 1.50. The lowest BCUT2D eigenvalue weighted by atomic mass is 10.1. The second-order valence-corrected chi connectivity index (χ2v) is 5.14. The molecule has 0 radical (unpaired) electrons. The molecule has 0 unspecified atom stereocenters. The minimum atomic E-state index is -0.507. The number of ether oxygens (including phenoxy) is 1. The van der Waals surface area contributed by atoms with Gasteiger partial charge in [0.2, 0.25) is 0 Å². The first-order valence-electron chi connectivity index (χ1n) is 6.24. The average molecular weight is 263 g/mol. The van der Waals surface area contributed by atoms with Crippen LogP contribution in [0.25, 0.3) is 5.57 Å². The zero-order chi connectivity index (χ0) is 14.3. The Labute approximate surface area is 114 Å². The maximum absolute atomic E-state index is 11.4.